The number of nitrogens with one attached hydrogen (secondary N) is 1. The van der Waals surface area contributed by atoms with E-state index in [4.69, 9.17) is 10.6 Å². The second-order valence-electron chi connectivity index (χ2n) is 4.61. The highest BCUT2D eigenvalue weighted by molar-refractivity contribution is 7.98. The lowest BCUT2D eigenvalue weighted by molar-refractivity contribution is 0.415. The number of thioether (sulfide) groups is 1. The highest BCUT2D eigenvalue weighted by Gasteiger charge is 2.07. The van der Waals surface area contributed by atoms with Crippen LogP contribution in [0.15, 0.2) is 24.3 Å². The molecular formula is C15H21N3OS. The fourth-order valence-electron chi connectivity index (χ4n) is 1.98. The minimum atomic E-state index is 0.745. The smallest absolute Gasteiger partial charge is 0.144 e. The number of hydrogen-bond acceptors (Lipinski definition) is 5. The van der Waals surface area contributed by atoms with E-state index in [-0.39, 0.29) is 0 Å². The van der Waals surface area contributed by atoms with Crippen molar-refractivity contribution in [3.63, 3.8) is 0 Å². The Labute approximate surface area is 124 Å². The van der Waals surface area contributed by atoms with Gasteiger partial charge >= 0.3 is 0 Å². The summed E-state index contributed by atoms with van der Waals surface area (Å²) >= 11 is 1.92. The van der Waals surface area contributed by atoms with E-state index in [1.165, 1.54) is 18.6 Å². The molecule has 0 aliphatic heterocycles. The molecule has 0 saturated heterocycles. The van der Waals surface area contributed by atoms with Crippen LogP contribution in [0.4, 0.5) is 5.82 Å². The molecule has 108 valence electrons. The summed E-state index contributed by atoms with van der Waals surface area (Å²) < 4.78 is 5.22. The van der Waals surface area contributed by atoms with E-state index in [9.17, 15) is 0 Å². The van der Waals surface area contributed by atoms with Crippen LogP contribution in [-0.4, -0.2) is 17.8 Å². The zero-order chi connectivity index (χ0) is 14.4. The topological polar surface area (TPSA) is 60.2 Å². The number of nitrogens with two attached hydrogens (primary N) is 1. The van der Waals surface area contributed by atoms with Crippen LogP contribution in [0.1, 0.15) is 25.3 Å². The molecule has 2 rings (SSSR count). The highest BCUT2D eigenvalue weighted by atomic mass is 32.2. The molecule has 1 aromatic heterocycles. The molecule has 0 amide bonds. The SMILES string of the molecule is CCCCSCc1cc2ccc(OC)cc2nc1NN. The standard InChI is InChI=1S/C15H21N3OS/c1-3-4-7-20-10-12-8-11-5-6-13(19-2)9-14(11)17-15(12)18-16/h5-6,8-9H,3-4,7,10,16H2,1-2H3,(H,17,18). The molecule has 0 fully saturated rings. The van der Waals surface area contributed by atoms with E-state index in [1.807, 2.05) is 30.0 Å². The number of hydrazine groups is 1. The van der Waals surface area contributed by atoms with Gasteiger partial charge in [0.25, 0.3) is 0 Å². The Morgan fingerprint density at radius 3 is 2.90 bits per heavy atom. The molecule has 0 unspecified atom stereocenters. The summed E-state index contributed by atoms with van der Waals surface area (Å²) in [6, 6.07) is 8.05. The number of anilines is 1. The largest absolute Gasteiger partial charge is 0.497 e. The molecule has 3 N–H and O–H groups in total. The molecule has 0 radical (unpaired) electrons. The molecule has 4 nitrogen and oxygen atoms in total. The average molecular weight is 291 g/mol. The zero-order valence-electron chi connectivity index (χ0n) is 12.0. The number of rotatable bonds is 7. The Morgan fingerprint density at radius 2 is 2.20 bits per heavy atom. The van der Waals surface area contributed by atoms with Crippen molar-refractivity contribution in [2.24, 2.45) is 5.84 Å². The second-order valence-corrected chi connectivity index (χ2v) is 5.71. The maximum Gasteiger partial charge on any atom is 0.144 e. The molecular weight excluding hydrogens is 270 g/mol. The second kappa shape index (κ2) is 7.36. The average Bonchev–Trinajstić information content (AvgIpc) is 2.50. The molecule has 20 heavy (non-hydrogen) atoms. The third-order valence-electron chi connectivity index (χ3n) is 3.14. The predicted molar refractivity (Wildman–Crippen MR) is 87.2 cm³/mol. The van der Waals surface area contributed by atoms with Crippen LogP contribution in [0.5, 0.6) is 5.75 Å². The molecule has 0 atom stereocenters. The van der Waals surface area contributed by atoms with Gasteiger partial charge in [0, 0.05) is 22.8 Å². The van der Waals surface area contributed by atoms with Crippen molar-refractivity contribution < 1.29 is 4.74 Å². The summed E-state index contributed by atoms with van der Waals surface area (Å²) in [4.78, 5) is 4.57. The number of hydrogen-bond donors (Lipinski definition) is 2. The van der Waals surface area contributed by atoms with Gasteiger partial charge in [-0.25, -0.2) is 10.8 Å². The molecule has 0 spiro atoms. The van der Waals surface area contributed by atoms with Gasteiger partial charge in [-0.15, -0.1) is 0 Å². The zero-order valence-corrected chi connectivity index (χ0v) is 12.8. The van der Waals surface area contributed by atoms with Gasteiger partial charge in [-0.2, -0.15) is 11.8 Å². The van der Waals surface area contributed by atoms with Crippen molar-refractivity contribution in [1.29, 1.82) is 0 Å². The van der Waals surface area contributed by atoms with Crippen molar-refractivity contribution in [3.8, 4) is 5.75 Å². The van der Waals surface area contributed by atoms with E-state index in [0.29, 0.717) is 0 Å². The minimum absolute atomic E-state index is 0.745. The predicted octanol–water partition coefficient (Wildman–Crippen LogP) is 3.56. The van der Waals surface area contributed by atoms with Crippen molar-refractivity contribution in [1.82, 2.24) is 4.98 Å². The summed E-state index contributed by atoms with van der Waals surface area (Å²) in [7, 11) is 1.65. The number of methoxy groups -OCH3 is 1. The Bertz CT molecular complexity index is 574. The fourth-order valence-corrected chi connectivity index (χ4v) is 3.06. The number of pyridine rings is 1. The lowest BCUT2D eigenvalue weighted by atomic mass is 10.1. The number of nitrogens with zero attached hydrogens (tertiary/aromatic N) is 1. The Morgan fingerprint density at radius 1 is 1.35 bits per heavy atom. The third kappa shape index (κ3) is 3.55. The normalized spacial score (nSPS) is 10.8. The molecule has 1 aromatic carbocycles. The number of ether oxygens (including phenoxy) is 1. The Balaban J connectivity index is 2.25. The maximum absolute atomic E-state index is 5.59. The molecule has 2 aromatic rings. The number of benzene rings is 1. The quantitative estimate of drug-likeness (QED) is 0.464. The van der Waals surface area contributed by atoms with Crippen LogP contribution in [0.3, 0.4) is 0 Å². The molecule has 0 bridgehead atoms. The first-order valence-corrected chi connectivity index (χ1v) is 7.96. The van der Waals surface area contributed by atoms with Gasteiger partial charge in [-0.1, -0.05) is 13.3 Å². The van der Waals surface area contributed by atoms with Crippen molar-refractivity contribution >= 4 is 28.5 Å². The van der Waals surface area contributed by atoms with Gasteiger partial charge in [0.2, 0.25) is 0 Å². The summed E-state index contributed by atoms with van der Waals surface area (Å²) in [5.74, 6) is 9.23. The fraction of sp³-hybridized carbons (Fsp3) is 0.400. The highest BCUT2D eigenvalue weighted by Crippen LogP contribution is 2.26. The van der Waals surface area contributed by atoms with Crippen molar-refractivity contribution in [2.45, 2.75) is 25.5 Å². The van der Waals surface area contributed by atoms with E-state index in [1.54, 1.807) is 7.11 Å². The van der Waals surface area contributed by atoms with Crippen LogP contribution in [0.2, 0.25) is 0 Å². The van der Waals surface area contributed by atoms with Crippen molar-refractivity contribution in [2.75, 3.05) is 18.3 Å². The maximum atomic E-state index is 5.59. The lowest BCUT2D eigenvalue weighted by Gasteiger charge is -2.10. The third-order valence-corrected chi connectivity index (χ3v) is 4.23. The van der Waals surface area contributed by atoms with Gasteiger partial charge in [-0.3, -0.25) is 0 Å². The van der Waals surface area contributed by atoms with Crippen LogP contribution < -0.4 is 16.0 Å². The summed E-state index contributed by atoms with van der Waals surface area (Å²) in [5, 5.41) is 1.11. The lowest BCUT2D eigenvalue weighted by Crippen LogP contribution is -2.11. The number of nitrogen functional groups attached to an aromatic ring is 1. The van der Waals surface area contributed by atoms with E-state index >= 15 is 0 Å². The van der Waals surface area contributed by atoms with Gasteiger partial charge < -0.3 is 10.2 Å². The van der Waals surface area contributed by atoms with Gasteiger partial charge in [0.15, 0.2) is 0 Å². The molecule has 0 aliphatic carbocycles. The van der Waals surface area contributed by atoms with E-state index < -0.39 is 0 Å². The molecule has 5 heteroatoms. The molecule has 0 saturated carbocycles. The van der Waals surface area contributed by atoms with Gasteiger partial charge in [0.1, 0.15) is 11.6 Å². The molecule has 1 heterocycles. The van der Waals surface area contributed by atoms with E-state index in [2.05, 4.69) is 23.4 Å². The number of aromatic nitrogens is 1. The first kappa shape index (κ1) is 14.9. The first-order chi connectivity index (χ1) is 9.78. The first-order valence-electron chi connectivity index (χ1n) is 6.80. The summed E-state index contributed by atoms with van der Waals surface area (Å²) in [6.07, 6.45) is 2.47. The monoisotopic (exact) mass is 291 g/mol. The van der Waals surface area contributed by atoms with Crippen molar-refractivity contribution in [3.05, 3.63) is 29.8 Å². The summed E-state index contributed by atoms with van der Waals surface area (Å²) in [6.45, 7) is 2.21. The minimum Gasteiger partial charge on any atom is -0.497 e. The van der Waals surface area contributed by atoms with E-state index in [0.717, 1.165) is 33.8 Å². The van der Waals surface area contributed by atoms with Crippen LogP contribution in [0.25, 0.3) is 10.9 Å². The van der Waals surface area contributed by atoms with Gasteiger partial charge in [-0.05, 0) is 30.4 Å². The number of fused-ring (bicyclic) bond motifs is 1. The van der Waals surface area contributed by atoms with Crippen LogP contribution >= 0.6 is 11.8 Å². The van der Waals surface area contributed by atoms with Crippen LogP contribution in [-0.2, 0) is 5.75 Å². The summed E-state index contributed by atoms with van der Waals surface area (Å²) in [5.41, 5.74) is 4.73. The Hall–Kier alpha value is -1.46. The van der Waals surface area contributed by atoms with Gasteiger partial charge in [0.05, 0.1) is 12.6 Å². The van der Waals surface area contributed by atoms with Crippen LogP contribution in [0, 0.1) is 0 Å². The molecule has 0 aliphatic rings. The Kier molecular flexibility index (Phi) is 5.49. The number of unbranched alkanes of at least 4 members (excludes halogenated alkanes) is 1.